The number of anilines is 1. The molecule has 1 amide bonds. The Morgan fingerprint density at radius 2 is 2.00 bits per heavy atom. The quantitative estimate of drug-likeness (QED) is 0.367. The Labute approximate surface area is 123 Å². The molecule has 0 bridgehead atoms. The van der Waals surface area contributed by atoms with E-state index in [0.717, 1.165) is 25.7 Å². The molecular formula is C14H21N3O4. The fourth-order valence-electron chi connectivity index (χ4n) is 1.94. The number of nitrogens with zero attached hydrogens (tertiary/aromatic N) is 1. The van der Waals surface area contributed by atoms with Crippen molar-refractivity contribution in [2.75, 3.05) is 25.5 Å². The standard InChI is InChI=1S/C14H21N3O4/c1-15-14(19)11-6-7-13(17(20)21)12(10-11)16-8-4-2-3-5-9-18/h6-7,10,16,18H,2-5,8-9H2,1H3,(H,15,19). The fourth-order valence-corrected chi connectivity index (χ4v) is 1.94. The summed E-state index contributed by atoms with van der Waals surface area (Å²) in [5.74, 6) is -0.282. The van der Waals surface area contributed by atoms with E-state index in [2.05, 4.69) is 10.6 Å². The molecule has 0 aromatic heterocycles. The molecule has 0 aliphatic rings. The van der Waals surface area contributed by atoms with Crippen molar-refractivity contribution in [3.8, 4) is 0 Å². The second kappa shape index (κ2) is 8.91. The molecule has 0 radical (unpaired) electrons. The van der Waals surface area contributed by atoms with Crippen molar-refractivity contribution in [1.29, 1.82) is 0 Å². The molecule has 1 aromatic rings. The van der Waals surface area contributed by atoms with Crippen molar-refractivity contribution in [2.45, 2.75) is 25.7 Å². The molecule has 0 atom stereocenters. The van der Waals surface area contributed by atoms with Gasteiger partial charge in [0, 0.05) is 31.8 Å². The molecule has 21 heavy (non-hydrogen) atoms. The van der Waals surface area contributed by atoms with Crippen LogP contribution in [-0.2, 0) is 0 Å². The molecule has 116 valence electrons. The van der Waals surface area contributed by atoms with Gasteiger partial charge in [0.25, 0.3) is 11.6 Å². The highest BCUT2D eigenvalue weighted by molar-refractivity contribution is 5.95. The number of aliphatic hydroxyl groups is 1. The third-order valence-corrected chi connectivity index (χ3v) is 3.08. The monoisotopic (exact) mass is 295 g/mol. The molecule has 0 spiro atoms. The topological polar surface area (TPSA) is 104 Å². The minimum absolute atomic E-state index is 0.0435. The van der Waals surface area contributed by atoms with Crippen LogP contribution >= 0.6 is 0 Å². The van der Waals surface area contributed by atoms with E-state index < -0.39 is 4.92 Å². The molecule has 1 aromatic carbocycles. The van der Waals surface area contributed by atoms with Crippen LogP contribution in [0.25, 0.3) is 0 Å². The summed E-state index contributed by atoms with van der Waals surface area (Å²) in [6.07, 6.45) is 3.49. The van der Waals surface area contributed by atoms with Gasteiger partial charge in [0.1, 0.15) is 5.69 Å². The first-order valence-electron chi connectivity index (χ1n) is 6.95. The van der Waals surface area contributed by atoms with E-state index in [1.54, 1.807) is 0 Å². The average Bonchev–Trinajstić information content (AvgIpc) is 2.49. The predicted octanol–water partition coefficient (Wildman–Crippen LogP) is 1.92. The molecule has 0 saturated heterocycles. The Morgan fingerprint density at radius 1 is 1.29 bits per heavy atom. The molecule has 7 heteroatoms. The molecule has 0 saturated carbocycles. The minimum Gasteiger partial charge on any atom is -0.396 e. The van der Waals surface area contributed by atoms with Crippen LogP contribution in [0.4, 0.5) is 11.4 Å². The number of carbonyl (C=O) groups excluding carboxylic acids is 1. The van der Waals surface area contributed by atoms with Gasteiger partial charge in [0.15, 0.2) is 0 Å². The highest BCUT2D eigenvalue weighted by Gasteiger charge is 2.15. The maximum absolute atomic E-state index is 11.6. The number of benzene rings is 1. The Hall–Kier alpha value is -2.15. The summed E-state index contributed by atoms with van der Waals surface area (Å²) in [5.41, 5.74) is 0.687. The number of nitro groups is 1. The molecule has 1 rings (SSSR count). The zero-order chi connectivity index (χ0) is 15.7. The summed E-state index contributed by atoms with van der Waals surface area (Å²) in [6.45, 7) is 0.774. The lowest BCUT2D eigenvalue weighted by Crippen LogP contribution is -2.18. The summed E-state index contributed by atoms with van der Waals surface area (Å²) in [5, 5.41) is 25.2. The first-order valence-corrected chi connectivity index (χ1v) is 6.95. The summed E-state index contributed by atoms with van der Waals surface area (Å²) >= 11 is 0. The van der Waals surface area contributed by atoms with Crippen LogP contribution in [0.5, 0.6) is 0 Å². The third kappa shape index (κ3) is 5.39. The Morgan fingerprint density at radius 3 is 2.62 bits per heavy atom. The number of hydrogen-bond acceptors (Lipinski definition) is 5. The van der Waals surface area contributed by atoms with Gasteiger partial charge in [0.2, 0.25) is 0 Å². The van der Waals surface area contributed by atoms with Gasteiger partial charge < -0.3 is 15.7 Å². The van der Waals surface area contributed by atoms with E-state index in [-0.39, 0.29) is 18.2 Å². The number of nitro benzene ring substituents is 1. The molecule has 0 aliphatic heterocycles. The van der Waals surface area contributed by atoms with Gasteiger partial charge in [-0.1, -0.05) is 12.8 Å². The Kier molecular flexibility index (Phi) is 7.17. The van der Waals surface area contributed by atoms with Crippen LogP contribution < -0.4 is 10.6 Å². The predicted molar refractivity (Wildman–Crippen MR) is 80.5 cm³/mol. The van der Waals surface area contributed by atoms with E-state index in [9.17, 15) is 14.9 Å². The number of rotatable bonds is 9. The van der Waals surface area contributed by atoms with Crippen molar-refractivity contribution in [3.05, 3.63) is 33.9 Å². The van der Waals surface area contributed by atoms with Crippen molar-refractivity contribution in [2.24, 2.45) is 0 Å². The second-order valence-electron chi connectivity index (χ2n) is 4.63. The maximum Gasteiger partial charge on any atom is 0.292 e. The highest BCUT2D eigenvalue weighted by Crippen LogP contribution is 2.25. The molecule has 3 N–H and O–H groups in total. The zero-order valence-electron chi connectivity index (χ0n) is 12.1. The lowest BCUT2D eigenvalue weighted by molar-refractivity contribution is -0.384. The van der Waals surface area contributed by atoms with Gasteiger partial charge in [-0.15, -0.1) is 0 Å². The van der Waals surface area contributed by atoms with Crippen molar-refractivity contribution in [1.82, 2.24) is 5.32 Å². The van der Waals surface area contributed by atoms with Crippen LogP contribution in [0.1, 0.15) is 36.0 Å². The fraction of sp³-hybridized carbons (Fsp3) is 0.500. The smallest absolute Gasteiger partial charge is 0.292 e. The first kappa shape index (κ1) is 16.9. The van der Waals surface area contributed by atoms with E-state index >= 15 is 0 Å². The summed E-state index contributed by atoms with van der Waals surface area (Å²) in [6, 6.07) is 4.26. The van der Waals surface area contributed by atoms with Gasteiger partial charge in [-0.05, 0) is 25.0 Å². The van der Waals surface area contributed by atoms with Gasteiger partial charge >= 0.3 is 0 Å². The number of unbranched alkanes of at least 4 members (excludes halogenated alkanes) is 3. The lowest BCUT2D eigenvalue weighted by atomic mass is 10.1. The van der Waals surface area contributed by atoms with Crippen LogP contribution in [0, 0.1) is 10.1 Å². The van der Waals surface area contributed by atoms with Gasteiger partial charge in [-0.25, -0.2) is 0 Å². The second-order valence-corrected chi connectivity index (χ2v) is 4.63. The van der Waals surface area contributed by atoms with Gasteiger partial charge in [0.05, 0.1) is 4.92 Å². The molecular weight excluding hydrogens is 274 g/mol. The van der Waals surface area contributed by atoms with Crippen LogP contribution in [0.15, 0.2) is 18.2 Å². The number of carbonyl (C=O) groups is 1. The van der Waals surface area contributed by atoms with Gasteiger partial charge in [-0.3, -0.25) is 14.9 Å². The summed E-state index contributed by atoms with van der Waals surface area (Å²) < 4.78 is 0. The van der Waals surface area contributed by atoms with Crippen molar-refractivity contribution >= 4 is 17.3 Å². The molecule has 0 fully saturated rings. The van der Waals surface area contributed by atoms with E-state index in [0.29, 0.717) is 17.8 Å². The maximum atomic E-state index is 11.6. The van der Waals surface area contributed by atoms with Crippen LogP contribution in [-0.4, -0.2) is 36.1 Å². The molecule has 7 nitrogen and oxygen atoms in total. The molecule has 0 aliphatic carbocycles. The van der Waals surface area contributed by atoms with Crippen LogP contribution in [0.2, 0.25) is 0 Å². The number of hydrogen-bond donors (Lipinski definition) is 3. The number of nitrogens with one attached hydrogen (secondary N) is 2. The van der Waals surface area contributed by atoms with Crippen molar-refractivity contribution in [3.63, 3.8) is 0 Å². The normalized spacial score (nSPS) is 10.2. The molecule has 0 heterocycles. The van der Waals surface area contributed by atoms with E-state index in [1.165, 1.54) is 25.2 Å². The Balaban J connectivity index is 2.68. The Bertz CT molecular complexity index is 491. The van der Waals surface area contributed by atoms with Gasteiger partial charge in [-0.2, -0.15) is 0 Å². The van der Waals surface area contributed by atoms with E-state index in [1.807, 2.05) is 0 Å². The number of amides is 1. The first-order chi connectivity index (χ1) is 10.1. The average molecular weight is 295 g/mol. The highest BCUT2D eigenvalue weighted by atomic mass is 16.6. The minimum atomic E-state index is -0.471. The van der Waals surface area contributed by atoms with Crippen molar-refractivity contribution < 1.29 is 14.8 Å². The third-order valence-electron chi connectivity index (χ3n) is 3.08. The SMILES string of the molecule is CNC(=O)c1ccc([N+](=O)[O-])c(NCCCCCCO)c1. The summed E-state index contributed by atoms with van der Waals surface area (Å²) in [4.78, 5) is 22.1. The lowest BCUT2D eigenvalue weighted by Gasteiger charge is -2.09. The van der Waals surface area contributed by atoms with Crippen LogP contribution in [0.3, 0.4) is 0 Å². The largest absolute Gasteiger partial charge is 0.396 e. The zero-order valence-corrected chi connectivity index (χ0v) is 12.1. The number of aliphatic hydroxyl groups excluding tert-OH is 1. The summed E-state index contributed by atoms with van der Waals surface area (Å²) in [7, 11) is 1.51. The van der Waals surface area contributed by atoms with E-state index in [4.69, 9.17) is 5.11 Å². The molecule has 0 unspecified atom stereocenters.